The molecule has 0 fully saturated rings. The average Bonchev–Trinajstić information content (AvgIpc) is 2.75. The fourth-order valence-corrected chi connectivity index (χ4v) is 3.42. The number of nitrogens with one attached hydrogen (secondary N) is 1. The van der Waals surface area contributed by atoms with E-state index in [1.807, 2.05) is 62.4 Å². The number of rotatable bonds is 6. The van der Waals surface area contributed by atoms with Crippen LogP contribution in [0, 0.1) is 0 Å². The van der Waals surface area contributed by atoms with Crippen molar-refractivity contribution >= 4 is 27.6 Å². The highest BCUT2D eigenvalue weighted by molar-refractivity contribution is 5.84. The molecule has 0 atom stereocenters. The van der Waals surface area contributed by atoms with E-state index in [0.717, 1.165) is 10.8 Å². The Morgan fingerprint density at radius 3 is 2.57 bits per heavy atom. The van der Waals surface area contributed by atoms with Gasteiger partial charge in [-0.2, -0.15) is 0 Å². The van der Waals surface area contributed by atoms with Crippen molar-refractivity contribution in [1.82, 2.24) is 14.9 Å². The summed E-state index contributed by atoms with van der Waals surface area (Å²) in [6.07, 6.45) is 0. The molecule has 0 saturated heterocycles. The van der Waals surface area contributed by atoms with Crippen molar-refractivity contribution in [2.75, 3.05) is 6.61 Å². The summed E-state index contributed by atoms with van der Waals surface area (Å²) in [7, 11) is 0. The smallest absolute Gasteiger partial charge is 0.261 e. The summed E-state index contributed by atoms with van der Waals surface area (Å²) >= 11 is 0. The molecule has 0 aliphatic carbocycles. The molecule has 0 aliphatic heterocycles. The summed E-state index contributed by atoms with van der Waals surface area (Å²) in [5, 5.41) is 2.70. The van der Waals surface area contributed by atoms with Crippen molar-refractivity contribution < 1.29 is 9.53 Å². The van der Waals surface area contributed by atoms with Crippen LogP contribution >= 0.6 is 0 Å². The van der Waals surface area contributed by atoms with Crippen molar-refractivity contribution in [2.45, 2.75) is 26.4 Å². The Morgan fingerprint density at radius 1 is 1.03 bits per heavy atom. The molecular weight excluding hydrogens is 378 g/mol. The van der Waals surface area contributed by atoms with E-state index in [2.05, 4.69) is 9.97 Å². The first-order valence-electron chi connectivity index (χ1n) is 9.90. The predicted molar refractivity (Wildman–Crippen MR) is 117 cm³/mol. The fourth-order valence-electron chi connectivity index (χ4n) is 3.42. The lowest BCUT2D eigenvalue weighted by Crippen LogP contribution is -2.40. The minimum atomic E-state index is -0.209. The van der Waals surface area contributed by atoms with Gasteiger partial charge in [0.25, 0.3) is 11.5 Å². The Hall–Kier alpha value is -3.67. The monoisotopic (exact) mass is 401 g/mol. The number of benzene rings is 3. The Labute approximate surface area is 174 Å². The molecule has 30 heavy (non-hydrogen) atoms. The molecule has 4 aromatic rings. The summed E-state index contributed by atoms with van der Waals surface area (Å²) in [6, 6.07) is 20.8. The van der Waals surface area contributed by atoms with Crippen LogP contribution in [0.3, 0.4) is 0 Å². The normalized spacial score (nSPS) is 11.2. The van der Waals surface area contributed by atoms with Gasteiger partial charge in [0.05, 0.1) is 17.4 Å². The number of hydrogen-bond donors (Lipinski definition) is 1. The number of H-pyrrole nitrogens is 1. The van der Waals surface area contributed by atoms with E-state index in [0.29, 0.717) is 22.5 Å². The zero-order valence-corrected chi connectivity index (χ0v) is 17.0. The van der Waals surface area contributed by atoms with Crippen molar-refractivity contribution in [3.8, 4) is 5.75 Å². The first kappa shape index (κ1) is 19.6. The molecule has 0 aliphatic rings. The topological polar surface area (TPSA) is 75.3 Å². The Bertz CT molecular complexity index is 1260. The van der Waals surface area contributed by atoms with Gasteiger partial charge in [-0.15, -0.1) is 0 Å². The third kappa shape index (κ3) is 4.17. The Morgan fingerprint density at radius 2 is 1.77 bits per heavy atom. The maximum atomic E-state index is 12.9. The van der Waals surface area contributed by atoms with Gasteiger partial charge in [0.2, 0.25) is 0 Å². The molecule has 0 saturated carbocycles. The number of amides is 1. The van der Waals surface area contributed by atoms with Gasteiger partial charge in [-0.3, -0.25) is 9.59 Å². The van der Waals surface area contributed by atoms with Gasteiger partial charge in [-0.05, 0) is 48.9 Å². The molecule has 1 aromatic heterocycles. The van der Waals surface area contributed by atoms with Gasteiger partial charge in [-0.1, -0.05) is 42.5 Å². The van der Waals surface area contributed by atoms with E-state index < -0.39 is 0 Å². The number of carbonyl (C=O) groups excluding carboxylic acids is 1. The minimum Gasteiger partial charge on any atom is -0.484 e. The summed E-state index contributed by atoms with van der Waals surface area (Å²) in [5.41, 5.74) is 0.402. The number of aromatic amines is 1. The molecule has 1 N–H and O–H groups in total. The molecular formula is C24H23N3O3. The van der Waals surface area contributed by atoms with Crippen LogP contribution in [0.15, 0.2) is 71.5 Å². The van der Waals surface area contributed by atoms with Gasteiger partial charge in [0.15, 0.2) is 6.61 Å². The molecule has 152 valence electrons. The second kappa shape index (κ2) is 8.37. The molecule has 1 amide bonds. The molecule has 0 spiro atoms. The van der Waals surface area contributed by atoms with Crippen molar-refractivity contribution in [2.24, 2.45) is 0 Å². The van der Waals surface area contributed by atoms with Crippen LogP contribution in [0.4, 0.5) is 0 Å². The number of carbonyl (C=O) groups is 1. The SMILES string of the molecule is CC(C)N(Cc1nc2ccccc2c(=O)[nH]1)C(=O)COc1ccc2ccccc2c1. The number of aromatic nitrogens is 2. The van der Waals surface area contributed by atoms with Gasteiger partial charge >= 0.3 is 0 Å². The largest absolute Gasteiger partial charge is 0.484 e. The second-order valence-corrected chi connectivity index (χ2v) is 7.44. The zero-order chi connectivity index (χ0) is 21.1. The lowest BCUT2D eigenvalue weighted by Gasteiger charge is -2.26. The van der Waals surface area contributed by atoms with Crippen LogP contribution in [0.5, 0.6) is 5.75 Å². The highest BCUT2D eigenvalue weighted by Crippen LogP contribution is 2.20. The van der Waals surface area contributed by atoms with Crippen LogP contribution in [0.2, 0.25) is 0 Å². The van der Waals surface area contributed by atoms with Crippen LogP contribution in [-0.2, 0) is 11.3 Å². The predicted octanol–water partition coefficient (Wildman–Crippen LogP) is 3.89. The first-order valence-corrected chi connectivity index (χ1v) is 9.90. The van der Waals surface area contributed by atoms with E-state index in [1.54, 1.807) is 23.1 Å². The van der Waals surface area contributed by atoms with Crippen LogP contribution in [-0.4, -0.2) is 33.4 Å². The fraction of sp³-hybridized carbons (Fsp3) is 0.208. The molecule has 6 heteroatoms. The maximum absolute atomic E-state index is 12.9. The molecule has 0 unspecified atom stereocenters. The average molecular weight is 401 g/mol. The highest BCUT2D eigenvalue weighted by Gasteiger charge is 2.19. The van der Waals surface area contributed by atoms with Gasteiger partial charge in [0.1, 0.15) is 11.6 Å². The molecule has 0 radical (unpaired) electrons. The molecule has 6 nitrogen and oxygen atoms in total. The zero-order valence-electron chi connectivity index (χ0n) is 17.0. The summed E-state index contributed by atoms with van der Waals surface area (Å²) in [6.45, 7) is 3.96. The third-order valence-electron chi connectivity index (χ3n) is 5.01. The van der Waals surface area contributed by atoms with Gasteiger partial charge < -0.3 is 14.6 Å². The van der Waals surface area contributed by atoms with E-state index in [9.17, 15) is 9.59 Å². The number of para-hydroxylation sites is 1. The maximum Gasteiger partial charge on any atom is 0.261 e. The van der Waals surface area contributed by atoms with Crippen LogP contribution in [0.1, 0.15) is 19.7 Å². The number of ether oxygens (including phenoxy) is 1. The molecule has 3 aromatic carbocycles. The minimum absolute atomic E-state index is 0.0746. The van der Waals surface area contributed by atoms with E-state index in [1.165, 1.54) is 0 Å². The number of nitrogens with zero attached hydrogens (tertiary/aromatic N) is 2. The highest BCUT2D eigenvalue weighted by atomic mass is 16.5. The molecule has 1 heterocycles. The van der Waals surface area contributed by atoms with Gasteiger partial charge in [0, 0.05) is 6.04 Å². The lowest BCUT2D eigenvalue weighted by molar-refractivity contribution is -0.135. The lowest BCUT2D eigenvalue weighted by atomic mass is 10.1. The number of fused-ring (bicyclic) bond motifs is 2. The van der Waals surface area contributed by atoms with E-state index in [4.69, 9.17) is 4.74 Å². The Kier molecular flexibility index (Phi) is 5.48. The Balaban J connectivity index is 1.49. The van der Waals surface area contributed by atoms with Crippen molar-refractivity contribution in [3.05, 3.63) is 82.9 Å². The van der Waals surface area contributed by atoms with E-state index >= 15 is 0 Å². The summed E-state index contributed by atoms with van der Waals surface area (Å²) in [5.74, 6) is 0.920. The van der Waals surface area contributed by atoms with Crippen molar-refractivity contribution in [1.29, 1.82) is 0 Å². The summed E-state index contributed by atoms with van der Waals surface area (Å²) < 4.78 is 5.76. The quantitative estimate of drug-likeness (QED) is 0.532. The first-order chi connectivity index (χ1) is 14.5. The van der Waals surface area contributed by atoms with Crippen molar-refractivity contribution in [3.63, 3.8) is 0 Å². The van der Waals surface area contributed by atoms with E-state index in [-0.39, 0.29) is 30.7 Å². The standard InChI is InChI=1S/C24H23N3O3/c1-16(2)27(14-22-25-21-10-6-5-9-20(21)24(29)26-22)23(28)15-30-19-12-11-17-7-3-4-8-18(17)13-19/h3-13,16H,14-15H2,1-2H3,(H,25,26,29). The van der Waals surface area contributed by atoms with Gasteiger partial charge in [-0.25, -0.2) is 4.98 Å². The third-order valence-corrected chi connectivity index (χ3v) is 5.01. The summed E-state index contributed by atoms with van der Waals surface area (Å²) in [4.78, 5) is 34.1. The second-order valence-electron chi connectivity index (χ2n) is 7.44. The number of hydrogen-bond acceptors (Lipinski definition) is 4. The van der Waals surface area contributed by atoms with Crippen LogP contribution in [0.25, 0.3) is 21.7 Å². The molecule has 0 bridgehead atoms. The molecule has 4 rings (SSSR count). The van der Waals surface area contributed by atoms with Crippen LogP contribution < -0.4 is 10.3 Å².